The summed E-state index contributed by atoms with van der Waals surface area (Å²) in [5, 5.41) is 21.6. The van der Waals surface area contributed by atoms with E-state index < -0.39 is 11.9 Å². The van der Waals surface area contributed by atoms with Crippen LogP contribution in [0.5, 0.6) is 11.5 Å². The highest BCUT2D eigenvalue weighted by atomic mass is 79.9. The fourth-order valence-corrected chi connectivity index (χ4v) is 3.87. The molecule has 0 bridgehead atoms. The van der Waals surface area contributed by atoms with Gasteiger partial charge in [0, 0.05) is 11.3 Å². The zero-order valence-corrected chi connectivity index (χ0v) is 21.7. The minimum absolute atomic E-state index is 0.136. The summed E-state index contributed by atoms with van der Waals surface area (Å²) in [5.74, 6) is -0.266. The SMILES string of the molecule is CCOc1cc(/C=C(\C#N)C(=O)Nc2ccc(C(=O)OC)cc2)cc(Br)c1OCc1ccccc1C#N. The van der Waals surface area contributed by atoms with E-state index in [1.807, 2.05) is 25.1 Å². The van der Waals surface area contributed by atoms with Crippen LogP contribution in [-0.4, -0.2) is 25.6 Å². The molecule has 0 radical (unpaired) electrons. The third-order valence-corrected chi connectivity index (χ3v) is 5.67. The molecule has 186 valence electrons. The number of esters is 1. The van der Waals surface area contributed by atoms with Gasteiger partial charge in [0.25, 0.3) is 5.91 Å². The number of carbonyl (C=O) groups excluding carboxylic acids is 2. The molecule has 0 heterocycles. The highest BCUT2D eigenvalue weighted by Gasteiger charge is 2.16. The van der Waals surface area contributed by atoms with Gasteiger partial charge in [-0.15, -0.1) is 0 Å². The molecule has 0 spiro atoms. The van der Waals surface area contributed by atoms with Gasteiger partial charge in [0.2, 0.25) is 0 Å². The number of anilines is 1. The van der Waals surface area contributed by atoms with Crippen molar-refractivity contribution in [3.05, 3.63) is 93.0 Å². The summed E-state index contributed by atoms with van der Waals surface area (Å²) in [6, 6.07) is 20.7. The van der Waals surface area contributed by atoms with E-state index >= 15 is 0 Å². The molecule has 0 aliphatic heterocycles. The first-order valence-corrected chi connectivity index (χ1v) is 11.9. The number of ether oxygens (including phenoxy) is 3. The summed E-state index contributed by atoms with van der Waals surface area (Å²) in [5.41, 5.74) is 2.39. The van der Waals surface area contributed by atoms with Crippen LogP contribution < -0.4 is 14.8 Å². The smallest absolute Gasteiger partial charge is 0.337 e. The maximum atomic E-state index is 12.7. The largest absolute Gasteiger partial charge is 0.490 e. The van der Waals surface area contributed by atoms with Crippen LogP contribution >= 0.6 is 15.9 Å². The Balaban J connectivity index is 1.83. The molecular formula is C28H22BrN3O5. The van der Waals surface area contributed by atoms with Gasteiger partial charge >= 0.3 is 5.97 Å². The lowest BCUT2D eigenvalue weighted by Gasteiger charge is -2.15. The average Bonchev–Trinajstić information content (AvgIpc) is 2.91. The number of halogens is 1. The molecule has 8 nitrogen and oxygen atoms in total. The topological polar surface area (TPSA) is 121 Å². The predicted molar refractivity (Wildman–Crippen MR) is 141 cm³/mol. The third kappa shape index (κ3) is 6.97. The molecule has 9 heteroatoms. The van der Waals surface area contributed by atoms with Gasteiger partial charge in [-0.05, 0) is 77.0 Å². The van der Waals surface area contributed by atoms with E-state index in [1.165, 1.54) is 25.3 Å². The molecular weight excluding hydrogens is 538 g/mol. The maximum absolute atomic E-state index is 12.7. The van der Waals surface area contributed by atoms with E-state index in [0.29, 0.717) is 45.0 Å². The molecule has 0 saturated heterocycles. The Morgan fingerprint density at radius 1 is 1.05 bits per heavy atom. The molecule has 0 atom stereocenters. The number of hydrogen-bond donors (Lipinski definition) is 1. The van der Waals surface area contributed by atoms with Gasteiger partial charge in [-0.25, -0.2) is 4.79 Å². The summed E-state index contributed by atoms with van der Waals surface area (Å²) < 4.78 is 16.9. The molecule has 0 aliphatic carbocycles. The highest BCUT2D eigenvalue weighted by Crippen LogP contribution is 2.38. The number of rotatable bonds is 9. The molecule has 0 unspecified atom stereocenters. The third-order valence-electron chi connectivity index (χ3n) is 5.08. The average molecular weight is 560 g/mol. The van der Waals surface area contributed by atoms with Crippen molar-refractivity contribution in [3.8, 4) is 23.6 Å². The second-order valence-corrected chi connectivity index (χ2v) is 8.37. The van der Waals surface area contributed by atoms with Gasteiger partial charge in [-0.2, -0.15) is 10.5 Å². The van der Waals surface area contributed by atoms with E-state index in [1.54, 1.807) is 36.4 Å². The van der Waals surface area contributed by atoms with Crippen molar-refractivity contribution in [2.45, 2.75) is 13.5 Å². The van der Waals surface area contributed by atoms with Gasteiger partial charge in [0.05, 0.1) is 35.4 Å². The number of nitriles is 2. The summed E-state index contributed by atoms with van der Waals surface area (Å²) in [6.45, 7) is 2.33. The van der Waals surface area contributed by atoms with Gasteiger partial charge < -0.3 is 19.5 Å². The minimum atomic E-state index is -0.615. The predicted octanol–water partition coefficient (Wildman–Crippen LogP) is 5.63. The summed E-state index contributed by atoms with van der Waals surface area (Å²) in [4.78, 5) is 24.3. The standard InChI is InChI=1S/C28H22BrN3O5/c1-3-36-25-14-18(13-24(29)26(25)37-17-21-7-5-4-6-20(21)15-30)12-22(16-31)27(33)32-23-10-8-19(9-11-23)28(34)35-2/h4-14H,3,17H2,1-2H3,(H,32,33)/b22-12+. The van der Waals surface area contributed by atoms with Crippen molar-refractivity contribution < 1.29 is 23.8 Å². The van der Waals surface area contributed by atoms with Crippen molar-refractivity contribution in [3.63, 3.8) is 0 Å². The number of hydrogen-bond acceptors (Lipinski definition) is 7. The Hall–Kier alpha value is -4.60. The molecule has 0 fully saturated rings. The Bertz CT molecular complexity index is 1420. The highest BCUT2D eigenvalue weighted by molar-refractivity contribution is 9.10. The van der Waals surface area contributed by atoms with Crippen LogP contribution in [0.2, 0.25) is 0 Å². The van der Waals surface area contributed by atoms with Crippen molar-refractivity contribution in [1.82, 2.24) is 0 Å². The summed E-state index contributed by atoms with van der Waals surface area (Å²) in [7, 11) is 1.28. The normalized spacial score (nSPS) is 10.6. The zero-order chi connectivity index (χ0) is 26.8. The fraction of sp³-hybridized carbons (Fsp3) is 0.143. The maximum Gasteiger partial charge on any atom is 0.337 e. The lowest BCUT2D eigenvalue weighted by Crippen LogP contribution is -2.13. The number of nitrogens with one attached hydrogen (secondary N) is 1. The van der Waals surface area contributed by atoms with Crippen LogP contribution in [0.3, 0.4) is 0 Å². The van der Waals surface area contributed by atoms with Crippen LogP contribution in [0, 0.1) is 22.7 Å². The van der Waals surface area contributed by atoms with Crippen LogP contribution in [0.15, 0.2) is 70.7 Å². The summed E-state index contributed by atoms with van der Waals surface area (Å²) in [6.07, 6.45) is 1.43. The van der Waals surface area contributed by atoms with Crippen LogP contribution in [0.4, 0.5) is 5.69 Å². The number of benzene rings is 3. The Kier molecular flexibility index (Phi) is 9.42. The van der Waals surface area contributed by atoms with Crippen LogP contribution in [0.25, 0.3) is 6.08 Å². The van der Waals surface area contributed by atoms with Crippen molar-refractivity contribution in [2.75, 3.05) is 19.0 Å². The van der Waals surface area contributed by atoms with Crippen LogP contribution in [0.1, 0.15) is 34.0 Å². The monoisotopic (exact) mass is 559 g/mol. The summed E-state index contributed by atoms with van der Waals surface area (Å²) >= 11 is 3.48. The molecule has 0 aliphatic rings. The fourth-order valence-electron chi connectivity index (χ4n) is 3.30. The minimum Gasteiger partial charge on any atom is -0.490 e. The molecule has 3 aromatic carbocycles. The first-order chi connectivity index (χ1) is 17.9. The lowest BCUT2D eigenvalue weighted by molar-refractivity contribution is -0.112. The quantitative estimate of drug-likeness (QED) is 0.205. The number of nitrogens with zero attached hydrogens (tertiary/aromatic N) is 2. The van der Waals surface area contributed by atoms with Gasteiger partial charge in [0.1, 0.15) is 18.2 Å². The number of carbonyl (C=O) groups is 2. The van der Waals surface area contributed by atoms with Gasteiger partial charge in [0.15, 0.2) is 11.5 Å². The zero-order valence-electron chi connectivity index (χ0n) is 20.1. The van der Waals surface area contributed by atoms with E-state index in [9.17, 15) is 20.1 Å². The van der Waals surface area contributed by atoms with Crippen molar-refractivity contribution in [1.29, 1.82) is 10.5 Å². The lowest BCUT2D eigenvalue weighted by atomic mass is 10.1. The van der Waals surface area contributed by atoms with E-state index in [2.05, 4.69) is 32.1 Å². The second kappa shape index (κ2) is 12.9. The molecule has 1 amide bonds. The molecule has 3 aromatic rings. The Morgan fingerprint density at radius 3 is 2.43 bits per heavy atom. The Morgan fingerprint density at radius 2 is 1.78 bits per heavy atom. The number of amides is 1. The first-order valence-electron chi connectivity index (χ1n) is 11.1. The van der Waals surface area contributed by atoms with Crippen LogP contribution in [-0.2, 0) is 16.1 Å². The van der Waals surface area contributed by atoms with Crippen molar-refractivity contribution in [2.24, 2.45) is 0 Å². The number of methoxy groups -OCH3 is 1. The molecule has 0 saturated carbocycles. The Labute approximate surface area is 222 Å². The molecule has 3 rings (SSSR count). The first kappa shape index (κ1) is 27.0. The molecule has 1 N–H and O–H groups in total. The van der Waals surface area contributed by atoms with E-state index in [0.717, 1.165) is 5.56 Å². The van der Waals surface area contributed by atoms with Gasteiger partial charge in [-0.3, -0.25) is 4.79 Å². The molecule has 37 heavy (non-hydrogen) atoms. The van der Waals surface area contributed by atoms with E-state index in [-0.39, 0.29) is 12.2 Å². The van der Waals surface area contributed by atoms with E-state index in [4.69, 9.17) is 9.47 Å². The van der Waals surface area contributed by atoms with Gasteiger partial charge in [-0.1, -0.05) is 18.2 Å². The molecule has 0 aromatic heterocycles. The van der Waals surface area contributed by atoms with Crippen molar-refractivity contribution >= 4 is 39.6 Å². The second-order valence-electron chi connectivity index (χ2n) is 7.51.